The Kier molecular flexibility index (Phi) is 5.98. The van der Waals surface area contributed by atoms with Crippen molar-refractivity contribution in [1.82, 2.24) is 20.0 Å². The van der Waals surface area contributed by atoms with Crippen LogP contribution in [0.1, 0.15) is 24.1 Å². The van der Waals surface area contributed by atoms with E-state index < -0.39 is 0 Å². The lowest BCUT2D eigenvalue weighted by atomic mass is 9.86. The van der Waals surface area contributed by atoms with Crippen LogP contribution in [0.4, 0.5) is 4.79 Å². The molecule has 1 unspecified atom stereocenters. The van der Waals surface area contributed by atoms with Crippen molar-refractivity contribution in [3.05, 3.63) is 35.0 Å². The molecule has 142 valence electrons. The largest absolute Gasteiger partial charge is 0.339 e. The first-order valence-corrected chi connectivity index (χ1v) is 10.1. The highest BCUT2D eigenvalue weighted by atomic mass is 32.1. The van der Waals surface area contributed by atoms with Crippen LogP contribution in [-0.4, -0.2) is 71.9 Å². The number of amides is 3. The molecule has 1 N–H and O–H groups in total. The van der Waals surface area contributed by atoms with Gasteiger partial charge in [0, 0.05) is 49.6 Å². The molecule has 1 aromatic heterocycles. The van der Waals surface area contributed by atoms with Crippen LogP contribution in [0.3, 0.4) is 0 Å². The van der Waals surface area contributed by atoms with Crippen LogP contribution in [0.2, 0.25) is 0 Å². The third kappa shape index (κ3) is 4.10. The normalized spacial score (nSPS) is 24.6. The van der Waals surface area contributed by atoms with Crippen molar-refractivity contribution in [1.29, 1.82) is 0 Å². The maximum Gasteiger partial charge on any atom is 0.317 e. The maximum absolute atomic E-state index is 12.7. The van der Waals surface area contributed by atoms with Crippen molar-refractivity contribution in [3.8, 4) is 0 Å². The Balaban J connectivity index is 1.64. The molecule has 0 aliphatic carbocycles. The van der Waals surface area contributed by atoms with Crippen LogP contribution in [-0.2, 0) is 11.3 Å². The van der Waals surface area contributed by atoms with Gasteiger partial charge in [0.1, 0.15) is 0 Å². The first-order valence-electron chi connectivity index (χ1n) is 9.19. The van der Waals surface area contributed by atoms with Gasteiger partial charge in [0.15, 0.2) is 0 Å². The molecule has 2 fully saturated rings. The number of carbonyl (C=O) groups excluding carboxylic acids is 2. The first-order chi connectivity index (χ1) is 12.5. The average molecular weight is 377 g/mol. The Morgan fingerprint density at radius 1 is 1.38 bits per heavy atom. The second kappa shape index (κ2) is 8.22. The molecule has 1 spiro atoms. The first kappa shape index (κ1) is 18.9. The van der Waals surface area contributed by atoms with E-state index in [0.717, 1.165) is 37.4 Å². The Labute approximate surface area is 159 Å². The van der Waals surface area contributed by atoms with E-state index in [-0.39, 0.29) is 17.5 Å². The van der Waals surface area contributed by atoms with Crippen molar-refractivity contribution in [2.45, 2.75) is 31.3 Å². The number of hydrogen-bond donors (Lipinski definition) is 1. The molecule has 0 aromatic carbocycles. The van der Waals surface area contributed by atoms with Crippen LogP contribution in [0.15, 0.2) is 30.2 Å². The summed E-state index contributed by atoms with van der Waals surface area (Å²) in [6.45, 7) is 7.88. The zero-order chi connectivity index (χ0) is 18.6. The van der Waals surface area contributed by atoms with Gasteiger partial charge in [0.2, 0.25) is 5.91 Å². The predicted molar refractivity (Wildman–Crippen MR) is 104 cm³/mol. The number of thiophene rings is 1. The molecule has 1 atom stereocenters. The summed E-state index contributed by atoms with van der Waals surface area (Å²) in [6.07, 6.45) is 4.00. The second-order valence-electron chi connectivity index (χ2n) is 7.18. The van der Waals surface area contributed by atoms with Crippen molar-refractivity contribution >= 4 is 23.3 Å². The minimum atomic E-state index is -0.121. The predicted octanol–water partition coefficient (Wildman–Crippen LogP) is 2.14. The van der Waals surface area contributed by atoms with Crippen molar-refractivity contribution in [3.63, 3.8) is 0 Å². The SMILES string of the molecule is C=CCN1CCC2(CCC1=O)CN(C(=O)NCc1cccs1)CCN2C. The zero-order valence-corrected chi connectivity index (χ0v) is 16.3. The zero-order valence-electron chi connectivity index (χ0n) is 15.4. The smallest absolute Gasteiger partial charge is 0.317 e. The molecule has 0 saturated carbocycles. The van der Waals surface area contributed by atoms with Gasteiger partial charge in [-0.3, -0.25) is 9.69 Å². The number of urea groups is 1. The van der Waals surface area contributed by atoms with Gasteiger partial charge in [0.05, 0.1) is 6.54 Å². The molecular weight excluding hydrogens is 348 g/mol. The monoisotopic (exact) mass is 376 g/mol. The molecule has 6 nitrogen and oxygen atoms in total. The number of likely N-dealkylation sites (tertiary alicyclic amines) is 1. The Morgan fingerprint density at radius 2 is 2.23 bits per heavy atom. The molecule has 2 aliphatic heterocycles. The summed E-state index contributed by atoms with van der Waals surface area (Å²) < 4.78 is 0. The van der Waals surface area contributed by atoms with Gasteiger partial charge in [-0.25, -0.2) is 4.79 Å². The highest BCUT2D eigenvalue weighted by Gasteiger charge is 2.43. The minimum absolute atomic E-state index is 0.00982. The van der Waals surface area contributed by atoms with Crippen molar-refractivity contribution < 1.29 is 9.59 Å². The highest BCUT2D eigenvalue weighted by molar-refractivity contribution is 7.09. The molecule has 26 heavy (non-hydrogen) atoms. The van der Waals surface area contributed by atoms with E-state index in [2.05, 4.69) is 23.8 Å². The lowest BCUT2D eigenvalue weighted by Gasteiger charge is -2.49. The Hall–Kier alpha value is -1.86. The molecule has 3 heterocycles. The molecule has 0 bridgehead atoms. The summed E-state index contributed by atoms with van der Waals surface area (Å²) in [6, 6.07) is 4.01. The number of likely N-dealkylation sites (N-methyl/N-ethyl adjacent to an activating group) is 1. The summed E-state index contributed by atoms with van der Waals surface area (Å²) in [5.41, 5.74) is -0.121. The van der Waals surface area contributed by atoms with Crippen LogP contribution < -0.4 is 5.32 Å². The van der Waals surface area contributed by atoms with Gasteiger partial charge in [-0.05, 0) is 31.3 Å². The van der Waals surface area contributed by atoms with Gasteiger partial charge in [-0.15, -0.1) is 17.9 Å². The van der Waals surface area contributed by atoms with E-state index in [4.69, 9.17) is 0 Å². The molecule has 2 saturated heterocycles. The van der Waals surface area contributed by atoms with Crippen LogP contribution in [0.5, 0.6) is 0 Å². The fourth-order valence-corrected chi connectivity index (χ4v) is 4.55. The summed E-state index contributed by atoms with van der Waals surface area (Å²) in [5.74, 6) is 0.189. The fraction of sp³-hybridized carbons (Fsp3) is 0.579. The van der Waals surface area contributed by atoms with Gasteiger partial charge in [-0.1, -0.05) is 12.1 Å². The molecule has 3 amide bonds. The van der Waals surface area contributed by atoms with Crippen molar-refractivity contribution in [2.75, 3.05) is 39.8 Å². The standard InChI is InChI=1S/C19H28N4O2S/c1-3-9-22-10-8-19(7-6-17(22)24)15-23(12-11-21(19)2)18(25)20-14-16-5-4-13-26-16/h3-5,13H,1,6-12,14-15H2,2H3,(H,20,25). The van der Waals surface area contributed by atoms with E-state index in [9.17, 15) is 9.59 Å². The molecule has 2 aliphatic rings. The second-order valence-corrected chi connectivity index (χ2v) is 8.22. The number of piperazine rings is 1. The molecule has 0 radical (unpaired) electrons. The van der Waals surface area contributed by atoms with E-state index in [1.807, 2.05) is 27.3 Å². The lowest BCUT2D eigenvalue weighted by Crippen LogP contribution is -2.63. The Morgan fingerprint density at radius 3 is 2.96 bits per heavy atom. The number of hydrogen-bond acceptors (Lipinski definition) is 4. The number of nitrogens with zero attached hydrogens (tertiary/aromatic N) is 3. The van der Waals surface area contributed by atoms with Crippen molar-refractivity contribution in [2.24, 2.45) is 0 Å². The van der Waals surface area contributed by atoms with Crippen LogP contribution in [0.25, 0.3) is 0 Å². The quantitative estimate of drug-likeness (QED) is 0.819. The van der Waals surface area contributed by atoms with Crippen LogP contribution >= 0.6 is 11.3 Å². The highest BCUT2D eigenvalue weighted by Crippen LogP contribution is 2.32. The van der Waals surface area contributed by atoms with Gasteiger partial charge >= 0.3 is 6.03 Å². The fourth-order valence-electron chi connectivity index (χ4n) is 3.90. The van der Waals surface area contributed by atoms with Gasteiger partial charge < -0.3 is 15.1 Å². The topological polar surface area (TPSA) is 55.9 Å². The minimum Gasteiger partial charge on any atom is -0.339 e. The Bertz CT molecular complexity index is 648. The summed E-state index contributed by atoms with van der Waals surface area (Å²) in [4.78, 5) is 32.3. The number of rotatable bonds is 4. The van der Waals surface area contributed by atoms with E-state index >= 15 is 0 Å². The molecular formula is C19H28N4O2S. The molecule has 7 heteroatoms. The summed E-state index contributed by atoms with van der Waals surface area (Å²) in [7, 11) is 2.12. The molecule has 1 aromatic rings. The van der Waals surface area contributed by atoms with Gasteiger partial charge in [0.25, 0.3) is 0 Å². The number of carbonyl (C=O) groups is 2. The maximum atomic E-state index is 12.7. The van der Waals surface area contributed by atoms with E-state index in [1.165, 1.54) is 0 Å². The van der Waals surface area contributed by atoms with Crippen LogP contribution in [0, 0.1) is 0 Å². The average Bonchev–Trinajstić information content (AvgIpc) is 3.11. The summed E-state index contributed by atoms with van der Waals surface area (Å²) >= 11 is 1.65. The number of nitrogens with one attached hydrogen (secondary N) is 1. The molecule has 3 rings (SSSR count). The van der Waals surface area contributed by atoms with E-state index in [0.29, 0.717) is 26.1 Å². The third-order valence-corrected chi connectivity index (χ3v) is 6.51. The summed E-state index contributed by atoms with van der Waals surface area (Å²) in [5, 5.41) is 5.05. The van der Waals surface area contributed by atoms with Gasteiger partial charge in [-0.2, -0.15) is 0 Å². The lowest BCUT2D eigenvalue weighted by molar-refractivity contribution is -0.130. The van der Waals surface area contributed by atoms with E-state index in [1.54, 1.807) is 17.4 Å². The third-order valence-electron chi connectivity index (χ3n) is 5.63.